The third-order valence-corrected chi connectivity index (χ3v) is 11.9. The summed E-state index contributed by atoms with van der Waals surface area (Å²) in [5, 5.41) is 4.84. The first-order chi connectivity index (χ1) is 30.7. The van der Waals surface area contributed by atoms with E-state index in [0.29, 0.717) is 17.5 Å². The molecule has 0 aliphatic rings. The molecule has 5 nitrogen and oxygen atoms in total. The second kappa shape index (κ2) is 14.7. The molecule has 0 atom stereocenters. The highest BCUT2D eigenvalue weighted by Crippen LogP contribution is 2.41. The summed E-state index contributed by atoms with van der Waals surface area (Å²) in [7, 11) is 0. The van der Waals surface area contributed by atoms with Gasteiger partial charge in [-0.25, -0.2) is 15.0 Å². The highest BCUT2D eigenvalue weighted by atomic mass is 15.0. The van der Waals surface area contributed by atoms with Crippen LogP contribution in [0.3, 0.4) is 0 Å². The number of para-hydroxylation sites is 3. The van der Waals surface area contributed by atoms with Gasteiger partial charge in [0.15, 0.2) is 17.5 Å². The predicted octanol–water partition coefficient (Wildman–Crippen LogP) is 14.4. The van der Waals surface area contributed by atoms with Crippen LogP contribution in [0.1, 0.15) is 0 Å². The number of hydrogen-bond donors (Lipinski definition) is 0. The molecule has 0 bridgehead atoms. The summed E-state index contributed by atoms with van der Waals surface area (Å²) in [5.74, 6) is 1.84. The summed E-state index contributed by atoms with van der Waals surface area (Å²) in [5.41, 5.74) is 13.9. The number of nitrogens with zero attached hydrogens (tertiary/aromatic N) is 5. The lowest BCUT2D eigenvalue weighted by atomic mass is 10.0. The zero-order valence-corrected chi connectivity index (χ0v) is 33.6. The maximum atomic E-state index is 5.29. The van der Waals surface area contributed by atoms with E-state index < -0.39 is 0 Å². The number of benzene rings is 9. The maximum Gasteiger partial charge on any atom is 0.164 e. The van der Waals surface area contributed by atoms with Gasteiger partial charge in [-0.2, -0.15) is 0 Å². The monoisotopic (exact) mass is 791 g/mol. The summed E-state index contributed by atoms with van der Waals surface area (Å²) >= 11 is 0. The Kier molecular flexibility index (Phi) is 8.42. The number of aromatic nitrogens is 5. The van der Waals surface area contributed by atoms with Gasteiger partial charge < -0.3 is 9.13 Å². The van der Waals surface area contributed by atoms with Crippen molar-refractivity contribution in [1.82, 2.24) is 24.1 Å². The Balaban J connectivity index is 1.11. The molecule has 0 fully saturated rings. The first kappa shape index (κ1) is 35.5. The van der Waals surface area contributed by atoms with Gasteiger partial charge in [-0.15, -0.1) is 0 Å². The number of rotatable bonds is 7. The van der Waals surface area contributed by atoms with Crippen LogP contribution in [0.2, 0.25) is 0 Å². The van der Waals surface area contributed by atoms with Gasteiger partial charge in [-0.05, 0) is 76.9 Å². The molecule has 5 heteroatoms. The minimum Gasteiger partial charge on any atom is -0.309 e. The maximum absolute atomic E-state index is 5.29. The van der Waals surface area contributed by atoms with Crippen molar-refractivity contribution < 1.29 is 0 Å². The lowest BCUT2D eigenvalue weighted by Crippen LogP contribution is -2.02. The molecule has 0 amide bonds. The van der Waals surface area contributed by atoms with Crippen LogP contribution in [-0.2, 0) is 0 Å². The van der Waals surface area contributed by atoms with E-state index in [2.05, 4.69) is 209 Å². The third kappa shape index (κ3) is 5.98. The van der Waals surface area contributed by atoms with Crippen LogP contribution >= 0.6 is 0 Å². The Labute approximate surface area is 358 Å². The topological polar surface area (TPSA) is 48.5 Å². The van der Waals surface area contributed by atoms with Crippen LogP contribution < -0.4 is 0 Å². The SMILES string of the molecule is c1ccc(-c2cccc(-c3nc(-c4ccccc4)nc(-c4cc(-c5ccccc5)cc(-n5c6ccccc6c6c(-n7c8ccccc8c8ccccc87)cccc65)c4)n3)c2)cc1. The van der Waals surface area contributed by atoms with E-state index >= 15 is 0 Å². The van der Waals surface area contributed by atoms with Gasteiger partial charge in [0.1, 0.15) is 0 Å². The third-order valence-electron chi connectivity index (χ3n) is 11.9. The van der Waals surface area contributed by atoms with Crippen molar-refractivity contribution in [3.8, 4) is 67.8 Å². The Morgan fingerprint density at radius 1 is 0.258 bits per heavy atom. The van der Waals surface area contributed by atoms with Gasteiger partial charge in [-0.3, -0.25) is 0 Å². The molecule has 0 saturated heterocycles. The average Bonchev–Trinajstić information content (AvgIpc) is 3.88. The van der Waals surface area contributed by atoms with Crippen molar-refractivity contribution in [2.24, 2.45) is 0 Å². The summed E-state index contributed by atoms with van der Waals surface area (Å²) in [6.45, 7) is 0. The molecule has 12 rings (SSSR count). The van der Waals surface area contributed by atoms with E-state index in [9.17, 15) is 0 Å². The molecular formula is C57H37N5. The largest absolute Gasteiger partial charge is 0.309 e. The number of fused-ring (bicyclic) bond motifs is 6. The lowest BCUT2D eigenvalue weighted by Gasteiger charge is -2.15. The first-order valence-corrected chi connectivity index (χ1v) is 20.9. The second-order valence-electron chi connectivity index (χ2n) is 15.6. The van der Waals surface area contributed by atoms with Gasteiger partial charge in [0.05, 0.1) is 27.8 Å². The summed E-state index contributed by atoms with van der Waals surface area (Å²) in [4.78, 5) is 15.6. The molecule has 0 saturated carbocycles. The highest BCUT2D eigenvalue weighted by molar-refractivity contribution is 6.16. The predicted molar refractivity (Wildman–Crippen MR) is 256 cm³/mol. The average molecular weight is 792 g/mol. The smallest absolute Gasteiger partial charge is 0.164 e. The van der Waals surface area contributed by atoms with Crippen molar-refractivity contribution >= 4 is 43.6 Å². The molecule has 9 aromatic carbocycles. The molecule has 290 valence electrons. The van der Waals surface area contributed by atoms with Crippen molar-refractivity contribution in [2.75, 3.05) is 0 Å². The molecule has 3 aromatic heterocycles. The van der Waals surface area contributed by atoms with Crippen molar-refractivity contribution in [3.05, 3.63) is 224 Å². The van der Waals surface area contributed by atoms with Crippen molar-refractivity contribution in [1.29, 1.82) is 0 Å². The normalized spacial score (nSPS) is 11.5. The number of hydrogen-bond acceptors (Lipinski definition) is 3. The molecule has 0 unspecified atom stereocenters. The van der Waals surface area contributed by atoms with Gasteiger partial charge >= 0.3 is 0 Å². The van der Waals surface area contributed by atoms with Gasteiger partial charge in [0, 0.05) is 43.9 Å². The first-order valence-electron chi connectivity index (χ1n) is 20.9. The zero-order valence-electron chi connectivity index (χ0n) is 33.6. The standard InChI is InChI=1S/C57H37N5/c1-4-18-38(19-5-1)41-24-16-25-42(34-41)56-58-55(40-22-8-3-9-23-40)59-57(60-56)44-35-43(39-20-6-2-7-21-39)36-45(37-44)61-51-31-15-12-28-48(51)54-52(61)32-17-33-53(54)62-49-29-13-10-26-46(49)47-27-11-14-30-50(47)62/h1-37H. The van der Waals surface area contributed by atoms with Crippen LogP contribution in [0, 0.1) is 0 Å². The summed E-state index contributed by atoms with van der Waals surface area (Å²) in [6.07, 6.45) is 0. The molecule has 3 heterocycles. The lowest BCUT2D eigenvalue weighted by molar-refractivity contribution is 1.07. The van der Waals surface area contributed by atoms with Crippen LogP contribution in [0.5, 0.6) is 0 Å². The fraction of sp³-hybridized carbons (Fsp3) is 0. The fourth-order valence-corrected chi connectivity index (χ4v) is 9.13. The van der Waals surface area contributed by atoms with Crippen LogP contribution in [-0.4, -0.2) is 24.1 Å². The summed E-state index contributed by atoms with van der Waals surface area (Å²) < 4.78 is 4.83. The second-order valence-corrected chi connectivity index (χ2v) is 15.6. The van der Waals surface area contributed by atoms with E-state index in [1.807, 2.05) is 24.3 Å². The van der Waals surface area contributed by atoms with Crippen LogP contribution in [0.15, 0.2) is 224 Å². The Bertz CT molecular complexity index is 3570. The molecule has 0 aliphatic carbocycles. The van der Waals surface area contributed by atoms with Gasteiger partial charge in [0.25, 0.3) is 0 Å². The molecule has 12 aromatic rings. The van der Waals surface area contributed by atoms with E-state index in [1.165, 1.54) is 32.6 Å². The summed E-state index contributed by atoms with van der Waals surface area (Å²) in [6, 6.07) is 79.3. The van der Waals surface area contributed by atoms with Crippen molar-refractivity contribution in [3.63, 3.8) is 0 Å². The molecular weight excluding hydrogens is 755 g/mol. The van der Waals surface area contributed by atoms with Crippen molar-refractivity contribution in [2.45, 2.75) is 0 Å². The van der Waals surface area contributed by atoms with Gasteiger partial charge in [0.2, 0.25) is 0 Å². The Morgan fingerprint density at radius 3 is 1.32 bits per heavy atom. The minimum atomic E-state index is 0.602. The minimum absolute atomic E-state index is 0.602. The van der Waals surface area contributed by atoms with E-state index in [-0.39, 0.29) is 0 Å². The van der Waals surface area contributed by atoms with Crippen LogP contribution in [0.4, 0.5) is 0 Å². The zero-order chi connectivity index (χ0) is 41.0. The molecule has 0 aliphatic heterocycles. The highest BCUT2D eigenvalue weighted by Gasteiger charge is 2.21. The van der Waals surface area contributed by atoms with E-state index in [4.69, 9.17) is 15.0 Å². The van der Waals surface area contributed by atoms with E-state index in [0.717, 1.165) is 61.4 Å². The Hall–Kier alpha value is -8.41. The quantitative estimate of drug-likeness (QED) is 0.162. The molecule has 0 radical (unpaired) electrons. The van der Waals surface area contributed by atoms with Crippen LogP contribution in [0.25, 0.3) is 111 Å². The molecule has 62 heavy (non-hydrogen) atoms. The molecule has 0 N–H and O–H groups in total. The fourth-order valence-electron chi connectivity index (χ4n) is 9.13. The molecule has 0 spiro atoms. The van der Waals surface area contributed by atoms with E-state index in [1.54, 1.807) is 0 Å². The van der Waals surface area contributed by atoms with Gasteiger partial charge in [-0.1, -0.05) is 170 Å². The Morgan fingerprint density at radius 2 is 0.677 bits per heavy atom.